The van der Waals surface area contributed by atoms with Gasteiger partial charge < -0.3 is 10.2 Å². The Labute approximate surface area is 120 Å². The summed E-state index contributed by atoms with van der Waals surface area (Å²) in [5.41, 5.74) is 8.21. The van der Waals surface area contributed by atoms with Crippen LogP contribution in [0.15, 0.2) is 34.9 Å². The van der Waals surface area contributed by atoms with Crippen molar-refractivity contribution < 1.29 is 4.42 Å². The fraction of sp³-hybridized carbons (Fsp3) is 0.529. The number of hydrogen-bond acceptors (Lipinski definition) is 3. The van der Waals surface area contributed by atoms with E-state index in [1.54, 1.807) is 0 Å². The molecular weight excluding hydrogens is 248 g/mol. The third-order valence-corrected chi connectivity index (χ3v) is 4.72. The fourth-order valence-electron chi connectivity index (χ4n) is 3.58. The highest BCUT2D eigenvalue weighted by Crippen LogP contribution is 2.29. The van der Waals surface area contributed by atoms with Crippen molar-refractivity contribution in [1.29, 1.82) is 0 Å². The van der Waals surface area contributed by atoms with Gasteiger partial charge in [0.05, 0.1) is 6.26 Å². The Morgan fingerprint density at radius 2 is 2.05 bits per heavy atom. The van der Waals surface area contributed by atoms with Crippen molar-refractivity contribution in [2.45, 2.75) is 38.3 Å². The molecule has 2 atom stereocenters. The molecule has 20 heavy (non-hydrogen) atoms. The van der Waals surface area contributed by atoms with E-state index in [1.165, 1.54) is 36.6 Å². The molecule has 1 fully saturated rings. The van der Waals surface area contributed by atoms with Crippen LogP contribution in [0.25, 0.3) is 11.0 Å². The van der Waals surface area contributed by atoms with E-state index < -0.39 is 0 Å². The molecule has 0 aliphatic heterocycles. The molecule has 2 unspecified atom stereocenters. The van der Waals surface area contributed by atoms with E-state index in [-0.39, 0.29) is 0 Å². The van der Waals surface area contributed by atoms with E-state index in [4.69, 9.17) is 10.2 Å². The molecule has 0 saturated heterocycles. The van der Waals surface area contributed by atoms with Gasteiger partial charge in [-0.25, -0.2) is 0 Å². The smallest absolute Gasteiger partial charge is 0.134 e. The van der Waals surface area contributed by atoms with E-state index >= 15 is 0 Å². The van der Waals surface area contributed by atoms with E-state index in [0.717, 1.165) is 18.7 Å². The van der Waals surface area contributed by atoms with E-state index in [1.807, 2.05) is 18.4 Å². The van der Waals surface area contributed by atoms with Gasteiger partial charge in [-0.15, -0.1) is 0 Å². The van der Waals surface area contributed by atoms with Gasteiger partial charge in [0.25, 0.3) is 0 Å². The number of rotatable bonds is 4. The molecule has 108 valence electrons. The van der Waals surface area contributed by atoms with Gasteiger partial charge in [0, 0.05) is 23.5 Å². The van der Waals surface area contributed by atoms with Gasteiger partial charge in [-0.2, -0.15) is 0 Å². The summed E-state index contributed by atoms with van der Waals surface area (Å²) in [6.45, 7) is 1.75. The predicted octanol–water partition coefficient (Wildman–Crippen LogP) is 3.38. The van der Waals surface area contributed by atoms with Crippen LogP contribution in [0.4, 0.5) is 0 Å². The molecule has 3 rings (SSSR count). The first-order chi connectivity index (χ1) is 9.79. The third kappa shape index (κ3) is 2.60. The Balaban J connectivity index is 1.76. The summed E-state index contributed by atoms with van der Waals surface area (Å²) in [5, 5.41) is 1.24. The van der Waals surface area contributed by atoms with Crippen LogP contribution in [-0.2, 0) is 6.54 Å². The highest BCUT2D eigenvalue weighted by Gasteiger charge is 2.27. The summed E-state index contributed by atoms with van der Waals surface area (Å²) >= 11 is 0. The van der Waals surface area contributed by atoms with Gasteiger partial charge >= 0.3 is 0 Å². The number of para-hydroxylation sites is 1. The first-order valence-electron chi connectivity index (χ1n) is 7.65. The standard InChI is InChI=1S/C17H24N2O/c1-19(16-8-4-2-6-13(16)10-18)11-14-12-20-17-9-5-3-7-15(14)17/h3,5,7,9,12-13,16H,2,4,6,8,10-11,18H2,1H3. The second-order valence-corrected chi connectivity index (χ2v) is 6.02. The minimum Gasteiger partial charge on any atom is -0.464 e. The van der Waals surface area contributed by atoms with Gasteiger partial charge in [-0.05, 0) is 38.4 Å². The molecular formula is C17H24N2O. The van der Waals surface area contributed by atoms with E-state index in [0.29, 0.717) is 12.0 Å². The van der Waals surface area contributed by atoms with Gasteiger partial charge in [0.15, 0.2) is 0 Å². The zero-order valence-corrected chi connectivity index (χ0v) is 12.2. The van der Waals surface area contributed by atoms with Crippen LogP contribution >= 0.6 is 0 Å². The van der Waals surface area contributed by atoms with Crippen LogP contribution < -0.4 is 5.73 Å². The first-order valence-corrected chi connectivity index (χ1v) is 7.65. The quantitative estimate of drug-likeness (QED) is 0.927. The van der Waals surface area contributed by atoms with Gasteiger partial charge in [0.1, 0.15) is 5.58 Å². The first kappa shape index (κ1) is 13.7. The van der Waals surface area contributed by atoms with Crippen molar-refractivity contribution in [3.05, 3.63) is 36.1 Å². The lowest BCUT2D eigenvalue weighted by molar-refractivity contribution is 0.127. The molecule has 2 aromatic rings. The van der Waals surface area contributed by atoms with Crippen molar-refractivity contribution in [2.75, 3.05) is 13.6 Å². The molecule has 0 amide bonds. The molecule has 3 nitrogen and oxygen atoms in total. The maximum Gasteiger partial charge on any atom is 0.134 e. The second kappa shape index (κ2) is 5.98. The van der Waals surface area contributed by atoms with Crippen molar-refractivity contribution in [3.63, 3.8) is 0 Å². The number of hydrogen-bond donors (Lipinski definition) is 1. The van der Waals surface area contributed by atoms with Gasteiger partial charge in [-0.3, -0.25) is 4.90 Å². The topological polar surface area (TPSA) is 42.4 Å². The normalized spacial score (nSPS) is 23.6. The Morgan fingerprint density at radius 1 is 1.25 bits per heavy atom. The molecule has 1 aromatic heterocycles. The average molecular weight is 272 g/mol. The minimum atomic E-state index is 0.613. The van der Waals surface area contributed by atoms with Gasteiger partial charge in [0.2, 0.25) is 0 Å². The number of nitrogens with two attached hydrogens (primary N) is 1. The lowest BCUT2D eigenvalue weighted by atomic mass is 9.83. The summed E-state index contributed by atoms with van der Waals surface area (Å²) in [4.78, 5) is 2.47. The highest BCUT2D eigenvalue weighted by atomic mass is 16.3. The van der Waals surface area contributed by atoms with Crippen LogP contribution in [-0.4, -0.2) is 24.5 Å². The van der Waals surface area contributed by atoms with Crippen LogP contribution in [0.2, 0.25) is 0 Å². The molecule has 3 heteroatoms. The molecule has 1 aromatic carbocycles. The van der Waals surface area contributed by atoms with Crippen LogP contribution in [0, 0.1) is 5.92 Å². The highest BCUT2D eigenvalue weighted by molar-refractivity contribution is 5.80. The molecule has 0 spiro atoms. The molecule has 1 saturated carbocycles. The molecule has 1 aliphatic carbocycles. The minimum absolute atomic E-state index is 0.613. The fourth-order valence-corrected chi connectivity index (χ4v) is 3.58. The Bertz CT molecular complexity index is 563. The summed E-state index contributed by atoms with van der Waals surface area (Å²) in [6.07, 6.45) is 7.12. The molecule has 0 radical (unpaired) electrons. The summed E-state index contributed by atoms with van der Waals surface area (Å²) < 4.78 is 5.64. The summed E-state index contributed by atoms with van der Waals surface area (Å²) in [7, 11) is 2.22. The predicted molar refractivity (Wildman–Crippen MR) is 82.5 cm³/mol. The number of nitrogens with zero attached hydrogens (tertiary/aromatic N) is 1. The van der Waals surface area contributed by atoms with E-state index in [9.17, 15) is 0 Å². The van der Waals surface area contributed by atoms with Crippen LogP contribution in [0.5, 0.6) is 0 Å². The zero-order chi connectivity index (χ0) is 13.9. The van der Waals surface area contributed by atoms with Crippen molar-refractivity contribution >= 4 is 11.0 Å². The Hall–Kier alpha value is -1.32. The third-order valence-electron chi connectivity index (χ3n) is 4.72. The second-order valence-electron chi connectivity index (χ2n) is 6.02. The van der Waals surface area contributed by atoms with Crippen LogP contribution in [0.1, 0.15) is 31.2 Å². The Morgan fingerprint density at radius 3 is 2.90 bits per heavy atom. The maximum atomic E-state index is 5.95. The maximum absolute atomic E-state index is 5.95. The average Bonchev–Trinajstić information content (AvgIpc) is 2.90. The number of benzene rings is 1. The lowest BCUT2D eigenvalue weighted by Gasteiger charge is -2.37. The molecule has 2 N–H and O–H groups in total. The SMILES string of the molecule is CN(Cc1coc2ccccc12)C1CCCCC1CN. The Kier molecular flexibility index (Phi) is 4.08. The molecule has 0 bridgehead atoms. The molecule has 1 heterocycles. The summed E-state index contributed by atoms with van der Waals surface area (Å²) in [6, 6.07) is 8.88. The molecule has 1 aliphatic rings. The largest absolute Gasteiger partial charge is 0.464 e. The van der Waals surface area contributed by atoms with E-state index in [2.05, 4.69) is 24.1 Å². The van der Waals surface area contributed by atoms with Crippen molar-refractivity contribution in [1.82, 2.24) is 4.90 Å². The van der Waals surface area contributed by atoms with Crippen molar-refractivity contribution in [2.24, 2.45) is 11.7 Å². The lowest BCUT2D eigenvalue weighted by Crippen LogP contribution is -2.42. The van der Waals surface area contributed by atoms with Gasteiger partial charge in [-0.1, -0.05) is 31.0 Å². The van der Waals surface area contributed by atoms with Crippen molar-refractivity contribution in [3.8, 4) is 0 Å². The monoisotopic (exact) mass is 272 g/mol. The number of fused-ring (bicyclic) bond motifs is 1. The number of furan rings is 1. The van der Waals surface area contributed by atoms with Crippen LogP contribution in [0.3, 0.4) is 0 Å². The zero-order valence-electron chi connectivity index (χ0n) is 12.2. The summed E-state index contributed by atoms with van der Waals surface area (Å²) in [5.74, 6) is 0.645.